The number of hydrogen-bond donors (Lipinski definition) is 3. The van der Waals surface area contributed by atoms with E-state index in [9.17, 15) is 0 Å². The average molecular weight is 238 g/mol. The molecule has 1 saturated carbocycles. The van der Waals surface area contributed by atoms with Crippen molar-refractivity contribution in [2.45, 2.75) is 32.7 Å². The zero-order valence-corrected chi connectivity index (χ0v) is 10.1. The van der Waals surface area contributed by atoms with Crippen LogP contribution in [0.5, 0.6) is 6.01 Å². The van der Waals surface area contributed by atoms with E-state index < -0.39 is 0 Å². The van der Waals surface area contributed by atoms with Gasteiger partial charge in [0.25, 0.3) is 0 Å². The molecule has 1 aliphatic rings. The van der Waals surface area contributed by atoms with E-state index in [1.54, 1.807) is 0 Å². The van der Waals surface area contributed by atoms with Gasteiger partial charge in [0.05, 0.1) is 6.61 Å². The Labute approximate surface area is 100 Å². The number of ether oxygens (including phenoxy) is 1. The van der Waals surface area contributed by atoms with Gasteiger partial charge in [-0.25, -0.2) is 5.84 Å². The van der Waals surface area contributed by atoms with Gasteiger partial charge in [0.15, 0.2) is 0 Å². The summed E-state index contributed by atoms with van der Waals surface area (Å²) in [5.74, 6) is 6.88. The second-order valence-corrected chi connectivity index (χ2v) is 4.26. The lowest BCUT2D eigenvalue weighted by Gasteiger charge is -2.33. The summed E-state index contributed by atoms with van der Waals surface area (Å²) < 4.78 is 5.25. The fourth-order valence-electron chi connectivity index (χ4n) is 1.88. The second kappa shape index (κ2) is 5.13. The fraction of sp³-hybridized carbons (Fsp3) is 0.700. The molecule has 1 fully saturated rings. The number of rotatable bonds is 5. The van der Waals surface area contributed by atoms with E-state index >= 15 is 0 Å². The lowest BCUT2D eigenvalue weighted by molar-refractivity contribution is 0.302. The number of nitrogens with two attached hydrogens (primary N) is 1. The molecule has 1 aliphatic carbocycles. The van der Waals surface area contributed by atoms with Crippen molar-refractivity contribution in [1.82, 2.24) is 15.0 Å². The van der Waals surface area contributed by atoms with Crippen LogP contribution in [0.25, 0.3) is 0 Å². The van der Waals surface area contributed by atoms with Gasteiger partial charge in [-0.2, -0.15) is 15.0 Å². The van der Waals surface area contributed by atoms with Gasteiger partial charge in [0, 0.05) is 6.04 Å². The van der Waals surface area contributed by atoms with Crippen LogP contribution >= 0.6 is 0 Å². The maximum Gasteiger partial charge on any atom is 0.323 e. The summed E-state index contributed by atoms with van der Waals surface area (Å²) in [6, 6.07) is 0.720. The molecule has 4 N–H and O–H groups in total. The lowest BCUT2D eigenvalue weighted by Crippen LogP contribution is -2.34. The predicted molar refractivity (Wildman–Crippen MR) is 64.6 cm³/mol. The maximum absolute atomic E-state index is 5.30. The van der Waals surface area contributed by atoms with Gasteiger partial charge in [-0.1, -0.05) is 6.92 Å². The summed E-state index contributed by atoms with van der Waals surface area (Å²) in [5, 5.41) is 3.24. The molecule has 7 nitrogen and oxygen atoms in total. The smallest absolute Gasteiger partial charge is 0.323 e. The Kier molecular flexibility index (Phi) is 3.58. The third-order valence-corrected chi connectivity index (χ3v) is 2.72. The van der Waals surface area contributed by atoms with Crippen molar-refractivity contribution in [3.05, 3.63) is 0 Å². The zero-order valence-electron chi connectivity index (χ0n) is 10.1. The predicted octanol–water partition coefficient (Wildman–Crippen LogP) is 0.766. The highest BCUT2D eigenvalue weighted by Gasteiger charge is 2.26. The molecular weight excluding hydrogens is 220 g/mol. The van der Waals surface area contributed by atoms with Crippen LogP contribution < -0.4 is 21.3 Å². The van der Waals surface area contributed by atoms with Crippen LogP contribution in [0.1, 0.15) is 26.7 Å². The summed E-state index contributed by atoms with van der Waals surface area (Å²) in [7, 11) is 0. The van der Waals surface area contributed by atoms with Gasteiger partial charge in [-0.3, -0.25) is 5.43 Å². The second-order valence-electron chi connectivity index (χ2n) is 4.26. The van der Waals surface area contributed by atoms with Crippen LogP contribution in [0.4, 0.5) is 11.9 Å². The summed E-state index contributed by atoms with van der Waals surface area (Å²) in [6.45, 7) is 4.61. The molecule has 0 saturated heterocycles. The standard InChI is InChI=1S/C10H18N6O/c1-3-17-10-14-8(13-9(15-10)16-11)12-7-4-6(2)5-7/h6-7H,3-5,11H2,1-2H3,(H2,12,13,14,15,16). The van der Waals surface area contributed by atoms with Gasteiger partial charge >= 0.3 is 6.01 Å². The van der Waals surface area contributed by atoms with Gasteiger partial charge in [-0.15, -0.1) is 0 Å². The van der Waals surface area contributed by atoms with E-state index in [0.29, 0.717) is 24.5 Å². The first-order valence-corrected chi connectivity index (χ1v) is 5.83. The van der Waals surface area contributed by atoms with Crippen LogP contribution in [0.15, 0.2) is 0 Å². The molecule has 0 amide bonds. The SMILES string of the molecule is CCOc1nc(NN)nc(NC2CC(C)C2)n1. The molecule has 0 radical (unpaired) electrons. The first kappa shape index (κ1) is 11.8. The molecule has 0 aliphatic heterocycles. The number of nitrogens with zero attached hydrogens (tertiary/aromatic N) is 3. The normalized spacial score (nSPS) is 22.8. The van der Waals surface area contributed by atoms with E-state index in [4.69, 9.17) is 10.6 Å². The van der Waals surface area contributed by atoms with Crippen molar-refractivity contribution in [2.24, 2.45) is 11.8 Å². The van der Waals surface area contributed by atoms with E-state index in [-0.39, 0.29) is 6.01 Å². The average Bonchev–Trinajstić information content (AvgIpc) is 2.27. The van der Waals surface area contributed by atoms with E-state index in [1.165, 1.54) is 0 Å². The molecular formula is C10H18N6O. The number of nitrogens with one attached hydrogen (secondary N) is 2. The minimum absolute atomic E-state index is 0.283. The molecule has 7 heteroatoms. The minimum atomic E-state index is 0.283. The number of hydrogen-bond acceptors (Lipinski definition) is 7. The third-order valence-electron chi connectivity index (χ3n) is 2.72. The fourth-order valence-corrected chi connectivity index (χ4v) is 1.88. The molecule has 0 bridgehead atoms. The van der Waals surface area contributed by atoms with Crippen LogP contribution in [0, 0.1) is 5.92 Å². The van der Waals surface area contributed by atoms with Gasteiger partial charge in [-0.05, 0) is 25.7 Å². The Morgan fingerprint density at radius 2 is 2.00 bits per heavy atom. The molecule has 0 spiro atoms. The number of aromatic nitrogens is 3. The van der Waals surface area contributed by atoms with Gasteiger partial charge in [0.2, 0.25) is 11.9 Å². The molecule has 17 heavy (non-hydrogen) atoms. The van der Waals surface area contributed by atoms with Crippen LogP contribution in [0.3, 0.4) is 0 Å². The molecule has 2 rings (SSSR count). The lowest BCUT2D eigenvalue weighted by atomic mass is 9.82. The van der Waals surface area contributed by atoms with Crippen LogP contribution in [0.2, 0.25) is 0 Å². The van der Waals surface area contributed by atoms with Crippen LogP contribution in [-0.4, -0.2) is 27.6 Å². The summed E-state index contributed by atoms with van der Waals surface area (Å²) in [4.78, 5) is 12.3. The topological polar surface area (TPSA) is 98.0 Å². The van der Waals surface area contributed by atoms with Crippen LogP contribution in [-0.2, 0) is 0 Å². The molecule has 0 atom stereocenters. The van der Waals surface area contributed by atoms with Gasteiger partial charge < -0.3 is 10.1 Å². The largest absolute Gasteiger partial charge is 0.464 e. The maximum atomic E-state index is 5.30. The number of anilines is 2. The Bertz CT molecular complexity index is 379. The number of hydrazine groups is 1. The van der Waals surface area contributed by atoms with E-state index in [2.05, 4.69) is 32.6 Å². The van der Waals surface area contributed by atoms with Crippen molar-refractivity contribution in [3.63, 3.8) is 0 Å². The molecule has 1 aromatic rings. The quantitative estimate of drug-likeness (QED) is 0.514. The van der Waals surface area contributed by atoms with Crippen molar-refractivity contribution < 1.29 is 4.74 Å². The Hall–Kier alpha value is -1.63. The van der Waals surface area contributed by atoms with E-state index in [0.717, 1.165) is 18.8 Å². The van der Waals surface area contributed by atoms with Crippen molar-refractivity contribution >= 4 is 11.9 Å². The van der Waals surface area contributed by atoms with Crippen molar-refractivity contribution in [2.75, 3.05) is 17.3 Å². The Morgan fingerprint density at radius 1 is 1.29 bits per heavy atom. The summed E-state index contributed by atoms with van der Waals surface area (Å²) >= 11 is 0. The molecule has 0 unspecified atom stereocenters. The summed E-state index contributed by atoms with van der Waals surface area (Å²) in [6.07, 6.45) is 2.28. The molecule has 1 heterocycles. The highest BCUT2D eigenvalue weighted by molar-refractivity contribution is 5.36. The molecule has 0 aromatic carbocycles. The highest BCUT2D eigenvalue weighted by atomic mass is 16.5. The summed E-state index contributed by atoms with van der Waals surface area (Å²) in [5.41, 5.74) is 2.40. The first-order chi connectivity index (χ1) is 8.21. The minimum Gasteiger partial charge on any atom is -0.464 e. The molecule has 1 aromatic heterocycles. The monoisotopic (exact) mass is 238 g/mol. The Balaban J connectivity index is 2.06. The van der Waals surface area contributed by atoms with Gasteiger partial charge in [0.1, 0.15) is 0 Å². The Morgan fingerprint density at radius 3 is 2.59 bits per heavy atom. The first-order valence-electron chi connectivity index (χ1n) is 5.83. The van der Waals surface area contributed by atoms with Crippen molar-refractivity contribution in [3.8, 4) is 6.01 Å². The van der Waals surface area contributed by atoms with Crippen molar-refractivity contribution in [1.29, 1.82) is 0 Å². The van der Waals surface area contributed by atoms with E-state index in [1.807, 2.05) is 6.92 Å². The highest BCUT2D eigenvalue weighted by Crippen LogP contribution is 2.28. The number of nitrogen functional groups attached to an aromatic ring is 1. The molecule has 94 valence electrons. The zero-order chi connectivity index (χ0) is 12.3. The third kappa shape index (κ3) is 2.94.